The van der Waals surface area contributed by atoms with Crippen molar-refractivity contribution in [1.82, 2.24) is 0 Å². The highest BCUT2D eigenvalue weighted by molar-refractivity contribution is 5.47. The Hall–Kier alpha value is -1.26. The second kappa shape index (κ2) is 5.43. The summed E-state index contributed by atoms with van der Waals surface area (Å²) in [5.74, 6) is 1.97. The van der Waals surface area contributed by atoms with Crippen LogP contribution in [0.25, 0.3) is 0 Å². The van der Waals surface area contributed by atoms with Gasteiger partial charge in [0, 0.05) is 18.6 Å². The molecule has 22 heavy (non-hydrogen) atoms. The maximum atomic E-state index is 10.4. The highest BCUT2D eigenvalue weighted by Crippen LogP contribution is 2.54. The van der Waals surface area contributed by atoms with E-state index in [2.05, 4.69) is 20.8 Å². The molecule has 0 radical (unpaired) electrons. The molecule has 1 heterocycles. The van der Waals surface area contributed by atoms with E-state index in [1.54, 1.807) is 7.11 Å². The lowest BCUT2D eigenvalue weighted by atomic mass is 9.57. The molecule has 4 nitrogen and oxygen atoms in total. The highest BCUT2D eigenvalue weighted by Gasteiger charge is 2.54. The highest BCUT2D eigenvalue weighted by atomic mass is 16.7. The van der Waals surface area contributed by atoms with Crippen LogP contribution in [0.15, 0.2) is 18.2 Å². The summed E-state index contributed by atoms with van der Waals surface area (Å²) >= 11 is 0. The fraction of sp³-hybridized carbons (Fsp3) is 0.667. The predicted molar refractivity (Wildman–Crippen MR) is 84.2 cm³/mol. The topological polar surface area (TPSA) is 47.9 Å². The lowest BCUT2D eigenvalue weighted by Crippen LogP contribution is -2.58. The van der Waals surface area contributed by atoms with Gasteiger partial charge in [-0.05, 0) is 43.7 Å². The summed E-state index contributed by atoms with van der Waals surface area (Å²) < 4.78 is 17.1. The van der Waals surface area contributed by atoms with Crippen molar-refractivity contribution < 1.29 is 19.3 Å². The van der Waals surface area contributed by atoms with E-state index in [0.717, 1.165) is 36.3 Å². The second-order valence-corrected chi connectivity index (χ2v) is 7.33. The van der Waals surface area contributed by atoms with Crippen molar-refractivity contribution in [2.24, 2.45) is 11.3 Å². The molecule has 1 aromatic carbocycles. The Morgan fingerprint density at radius 2 is 2.09 bits per heavy atom. The maximum Gasteiger partial charge on any atom is 0.188 e. The van der Waals surface area contributed by atoms with E-state index in [-0.39, 0.29) is 29.8 Å². The third-order valence-corrected chi connectivity index (χ3v) is 5.58. The molecule has 1 saturated carbocycles. The summed E-state index contributed by atoms with van der Waals surface area (Å²) in [4.78, 5) is 0. The van der Waals surface area contributed by atoms with Crippen LogP contribution in [0.3, 0.4) is 0 Å². The summed E-state index contributed by atoms with van der Waals surface area (Å²) in [5, 5.41) is 10.4. The molecule has 0 aromatic heterocycles. The Labute approximate surface area is 132 Å². The fourth-order valence-electron chi connectivity index (χ4n) is 4.15. The van der Waals surface area contributed by atoms with Crippen molar-refractivity contribution in [1.29, 1.82) is 0 Å². The molecule has 0 saturated heterocycles. The zero-order valence-corrected chi connectivity index (χ0v) is 13.9. The molecule has 1 aromatic rings. The molecule has 122 valence electrons. The van der Waals surface area contributed by atoms with Gasteiger partial charge in [-0.2, -0.15) is 0 Å². The zero-order valence-electron chi connectivity index (χ0n) is 13.9. The Balaban J connectivity index is 1.98. The molecule has 3 rings (SSSR count). The van der Waals surface area contributed by atoms with Crippen LogP contribution < -0.4 is 9.47 Å². The van der Waals surface area contributed by atoms with E-state index in [4.69, 9.17) is 14.2 Å². The molecule has 1 N–H and O–H groups in total. The van der Waals surface area contributed by atoms with Gasteiger partial charge < -0.3 is 19.3 Å². The number of aliphatic hydroxyl groups excluding tert-OH is 1. The van der Waals surface area contributed by atoms with Gasteiger partial charge in [-0.15, -0.1) is 0 Å². The molecule has 0 bridgehead atoms. The van der Waals surface area contributed by atoms with Crippen LogP contribution >= 0.6 is 0 Å². The summed E-state index contributed by atoms with van der Waals surface area (Å²) in [6.45, 7) is 6.70. The first-order chi connectivity index (χ1) is 10.4. The van der Waals surface area contributed by atoms with Gasteiger partial charge in [0.15, 0.2) is 6.79 Å². The van der Waals surface area contributed by atoms with Gasteiger partial charge in [0.25, 0.3) is 0 Å². The van der Waals surface area contributed by atoms with E-state index >= 15 is 0 Å². The molecule has 0 unspecified atom stereocenters. The molecule has 1 fully saturated rings. The fourth-order valence-corrected chi connectivity index (χ4v) is 4.15. The van der Waals surface area contributed by atoms with Gasteiger partial charge >= 0.3 is 0 Å². The van der Waals surface area contributed by atoms with Crippen molar-refractivity contribution in [3.05, 3.63) is 23.8 Å². The molecular weight excluding hydrogens is 280 g/mol. The van der Waals surface area contributed by atoms with E-state index in [1.165, 1.54) is 0 Å². The van der Waals surface area contributed by atoms with Crippen LogP contribution in [0.4, 0.5) is 0 Å². The van der Waals surface area contributed by atoms with Crippen LogP contribution in [-0.2, 0) is 11.2 Å². The van der Waals surface area contributed by atoms with Crippen LogP contribution in [0.2, 0.25) is 0 Å². The lowest BCUT2D eigenvalue weighted by molar-refractivity contribution is -0.138. The smallest absolute Gasteiger partial charge is 0.188 e. The molecule has 4 heteroatoms. The van der Waals surface area contributed by atoms with Crippen LogP contribution in [0, 0.1) is 11.3 Å². The quantitative estimate of drug-likeness (QED) is 0.872. The van der Waals surface area contributed by atoms with Crippen LogP contribution in [-0.4, -0.2) is 30.7 Å². The number of hydrogen-bond donors (Lipinski definition) is 1. The molecule has 0 amide bonds. The predicted octanol–water partition coefficient (Wildman–Crippen LogP) is 3.16. The molecule has 0 spiro atoms. The number of rotatable bonds is 3. The summed E-state index contributed by atoms with van der Waals surface area (Å²) in [6.07, 6.45) is 2.23. The number of ether oxygens (including phenoxy) is 3. The standard InChI is InChI=1S/C18H26O4/c1-17(2)15-10-12-13(21-11-20-4)6-5-7-14(12)22-18(15,3)9-8-16(17)19/h5-7,15-16,19H,8-11H2,1-4H3/t15-,16-,18-/m1/s1. The van der Waals surface area contributed by atoms with Gasteiger partial charge in [-0.25, -0.2) is 0 Å². The largest absolute Gasteiger partial charge is 0.487 e. The third-order valence-electron chi connectivity index (χ3n) is 5.58. The van der Waals surface area contributed by atoms with Crippen molar-refractivity contribution in [3.63, 3.8) is 0 Å². The Bertz CT molecular complexity index is 554. The first-order valence-electron chi connectivity index (χ1n) is 7.99. The lowest BCUT2D eigenvalue weighted by Gasteiger charge is -2.55. The van der Waals surface area contributed by atoms with E-state index in [0.29, 0.717) is 0 Å². The average molecular weight is 306 g/mol. The minimum atomic E-state index is -0.289. The summed E-state index contributed by atoms with van der Waals surface area (Å²) in [5.41, 5.74) is 0.679. The van der Waals surface area contributed by atoms with Crippen LogP contribution in [0.5, 0.6) is 11.5 Å². The number of fused-ring (bicyclic) bond motifs is 2. The van der Waals surface area contributed by atoms with Gasteiger partial charge in [0.1, 0.15) is 17.1 Å². The second-order valence-electron chi connectivity index (χ2n) is 7.33. The van der Waals surface area contributed by atoms with Crippen LogP contribution in [0.1, 0.15) is 39.2 Å². The van der Waals surface area contributed by atoms with Crippen molar-refractivity contribution in [2.75, 3.05) is 13.9 Å². The van der Waals surface area contributed by atoms with Gasteiger partial charge in [0.05, 0.1) is 6.10 Å². The number of benzene rings is 1. The monoisotopic (exact) mass is 306 g/mol. The summed E-state index contributed by atoms with van der Waals surface area (Å²) in [6, 6.07) is 5.92. The number of methoxy groups -OCH3 is 1. The normalized spacial score (nSPS) is 32.6. The van der Waals surface area contributed by atoms with E-state index in [9.17, 15) is 5.11 Å². The van der Waals surface area contributed by atoms with Crippen molar-refractivity contribution in [3.8, 4) is 11.5 Å². The number of aliphatic hydroxyl groups is 1. The molecule has 1 aliphatic heterocycles. The van der Waals surface area contributed by atoms with E-state index < -0.39 is 0 Å². The van der Waals surface area contributed by atoms with Crippen molar-refractivity contribution in [2.45, 2.75) is 51.7 Å². The van der Waals surface area contributed by atoms with Gasteiger partial charge in [0.2, 0.25) is 0 Å². The van der Waals surface area contributed by atoms with Gasteiger partial charge in [-0.3, -0.25) is 0 Å². The molecule has 3 atom stereocenters. The minimum Gasteiger partial charge on any atom is -0.487 e. The maximum absolute atomic E-state index is 10.4. The molecular formula is C18H26O4. The molecule has 1 aliphatic carbocycles. The van der Waals surface area contributed by atoms with E-state index in [1.807, 2.05) is 18.2 Å². The SMILES string of the molecule is COCOc1cccc2c1C[C@@H]1C(C)(C)[C@H](O)CC[C@@]1(C)O2. The Morgan fingerprint density at radius 3 is 2.82 bits per heavy atom. The minimum absolute atomic E-state index is 0.181. The summed E-state index contributed by atoms with van der Waals surface area (Å²) in [7, 11) is 1.61. The first kappa shape index (κ1) is 15.6. The Kier molecular flexibility index (Phi) is 3.86. The number of hydrogen-bond acceptors (Lipinski definition) is 4. The Morgan fingerprint density at radius 1 is 1.32 bits per heavy atom. The zero-order chi connectivity index (χ0) is 16.0. The third kappa shape index (κ3) is 2.38. The van der Waals surface area contributed by atoms with Gasteiger partial charge in [-0.1, -0.05) is 19.9 Å². The van der Waals surface area contributed by atoms with Crippen molar-refractivity contribution >= 4 is 0 Å². The molecule has 2 aliphatic rings. The first-order valence-corrected chi connectivity index (χ1v) is 7.99. The average Bonchev–Trinajstić information content (AvgIpc) is 2.48.